The predicted octanol–water partition coefficient (Wildman–Crippen LogP) is 1.57. The highest BCUT2D eigenvalue weighted by molar-refractivity contribution is 5.93. The molecule has 2 N–H and O–H groups in total. The summed E-state index contributed by atoms with van der Waals surface area (Å²) < 4.78 is 1.78. The number of aromatic nitrogens is 3. The molecule has 22 heavy (non-hydrogen) atoms. The van der Waals surface area contributed by atoms with Crippen LogP contribution in [-0.2, 0) is 0 Å². The van der Waals surface area contributed by atoms with Crippen LogP contribution in [0.3, 0.4) is 0 Å². The van der Waals surface area contributed by atoms with Crippen molar-refractivity contribution in [1.29, 1.82) is 0 Å². The summed E-state index contributed by atoms with van der Waals surface area (Å²) in [6, 6.07) is 8.02. The Morgan fingerprint density at radius 2 is 2.09 bits per heavy atom. The standard InChI is InChI=1S/C16H20N4O2/c1-11-3-7-13(8-4-11)20-15(12-5-6-12)14(18-19-20)16(22)17-9-2-10-21/h3-4,7-8,12,21H,2,5-6,9-10H2,1H3,(H,17,22). The summed E-state index contributed by atoms with van der Waals surface area (Å²) in [7, 11) is 0. The highest BCUT2D eigenvalue weighted by atomic mass is 16.3. The second-order valence-electron chi connectivity index (χ2n) is 5.68. The molecule has 0 atom stereocenters. The number of benzene rings is 1. The molecule has 1 amide bonds. The Morgan fingerprint density at radius 1 is 1.36 bits per heavy atom. The molecule has 1 heterocycles. The minimum atomic E-state index is -0.214. The summed E-state index contributed by atoms with van der Waals surface area (Å²) >= 11 is 0. The molecule has 0 saturated heterocycles. The van der Waals surface area contributed by atoms with Gasteiger partial charge in [-0.2, -0.15) is 0 Å². The Balaban J connectivity index is 1.89. The molecule has 6 nitrogen and oxygen atoms in total. The van der Waals surface area contributed by atoms with E-state index in [4.69, 9.17) is 5.11 Å². The number of aliphatic hydroxyl groups excluding tert-OH is 1. The zero-order valence-corrected chi connectivity index (χ0v) is 12.6. The lowest BCUT2D eigenvalue weighted by Crippen LogP contribution is -2.26. The van der Waals surface area contributed by atoms with Crippen molar-refractivity contribution in [2.75, 3.05) is 13.2 Å². The number of aryl methyl sites for hydroxylation is 1. The number of rotatable bonds is 6. The normalized spacial score (nSPS) is 14.1. The van der Waals surface area contributed by atoms with E-state index in [0.717, 1.165) is 24.2 Å². The van der Waals surface area contributed by atoms with Gasteiger partial charge in [0.05, 0.1) is 11.4 Å². The topological polar surface area (TPSA) is 80.0 Å². The molecule has 1 fully saturated rings. The molecule has 1 aromatic carbocycles. The summed E-state index contributed by atoms with van der Waals surface area (Å²) in [5, 5.41) is 19.9. The molecule has 0 aliphatic heterocycles. The van der Waals surface area contributed by atoms with E-state index in [-0.39, 0.29) is 12.5 Å². The van der Waals surface area contributed by atoms with E-state index in [1.807, 2.05) is 31.2 Å². The van der Waals surface area contributed by atoms with Gasteiger partial charge >= 0.3 is 0 Å². The molecule has 0 bridgehead atoms. The zero-order chi connectivity index (χ0) is 15.5. The van der Waals surface area contributed by atoms with Crippen LogP contribution >= 0.6 is 0 Å². The largest absolute Gasteiger partial charge is 0.396 e. The zero-order valence-electron chi connectivity index (χ0n) is 12.6. The van der Waals surface area contributed by atoms with Crippen LogP contribution in [0.15, 0.2) is 24.3 Å². The summed E-state index contributed by atoms with van der Waals surface area (Å²) in [6.07, 6.45) is 2.67. The SMILES string of the molecule is Cc1ccc(-n2nnc(C(=O)NCCCO)c2C2CC2)cc1. The van der Waals surface area contributed by atoms with E-state index in [1.165, 1.54) is 5.56 Å². The molecule has 1 saturated carbocycles. The van der Waals surface area contributed by atoms with Gasteiger partial charge in [-0.15, -0.1) is 5.10 Å². The van der Waals surface area contributed by atoms with Crippen molar-refractivity contribution in [3.63, 3.8) is 0 Å². The fourth-order valence-electron chi connectivity index (χ4n) is 2.42. The van der Waals surface area contributed by atoms with Crippen LogP contribution < -0.4 is 5.32 Å². The third kappa shape index (κ3) is 3.01. The van der Waals surface area contributed by atoms with Crippen molar-refractivity contribution >= 4 is 5.91 Å². The van der Waals surface area contributed by atoms with Gasteiger partial charge in [0.25, 0.3) is 5.91 Å². The summed E-state index contributed by atoms with van der Waals surface area (Å²) in [4.78, 5) is 12.3. The molecule has 0 spiro atoms. The third-order valence-corrected chi connectivity index (χ3v) is 3.78. The molecule has 3 rings (SSSR count). The molecular formula is C16H20N4O2. The highest BCUT2D eigenvalue weighted by Gasteiger charge is 2.34. The van der Waals surface area contributed by atoms with Crippen molar-refractivity contribution in [2.45, 2.75) is 32.1 Å². The minimum Gasteiger partial charge on any atom is -0.396 e. The quantitative estimate of drug-likeness (QED) is 0.794. The van der Waals surface area contributed by atoms with Crippen molar-refractivity contribution in [3.8, 4) is 5.69 Å². The van der Waals surface area contributed by atoms with Crippen LogP contribution in [0.1, 0.15) is 46.9 Å². The van der Waals surface area contributed by atoms with Crippen LogP contribution in [-0.4, -0.2) is 39.2 Å². The lowest BCUT2D eigenvalue weighted by molar-refractivity contribution is 0.0945. The van der Waals surface area contributed by atoms with Crippen molar-refractivity contribution in [1.82, 2.24) is 20.3 Å². The van der Waals surface area contributed by atoms with E-state index in [9.17, 15) is 4.79 Å². The lowest BCUT2D eigenvalue weighted by atomic mass is 10.2. The van der Waals surface area contributed by atoms with Gasteiger partial charge < -0.3 is 10.4 Å². The maximum absolute atomic E-state index is 12.3. The molecule has 1 aliphatic carbocycles. The first kappa shape index (κ1) is 14.7. The van der Waals surface area contributed by atoms with Crippen molar-refractivity contribution in [2.24, 2.45) is 0 Å². The van der Waals surface area contributed by atoms with Gasteiger partial charge in [0.2, 0.25) is 0 Å². The van der Waals surface area contributed by atoms with Crippen LogP contribution in [0.2, 0.25) is 0 Å². The lowest BCUT2D eigenvalue weighted by Gasteiger charge is -2.07. The third-order valence-electron chi connectivity index (χ3n) is 3.78. The molecule has 0 radical (unpaired) electrons. The monoisotopic (exact) mass is 300 g/mol. The molecule has 1 aromatic heterocycles. The van der Waals surface area contributed by atoms with Gasteiger partial charge in [-0.1, -0.05) is 22.9 Å². The number of nitrogens with zero attached hydrogens (tertiary/aromatic N) is 3. The Labute approximate surface area is 129 Å². The summed E-state index contributed by atoms with van der Waals surface area (Å²) in [6.45, 7) is 2.54. The van der Waals surface area contributed by atoms with Gasteiger partial charge in [0, 0.05) is 19.1 Å². The van der Waals surface area contributed by atoms with E-state index < -0.39 is 0 Å². The fraction of sp³-hybridized carbons (Fsp3) is 0.438. The van der Waals surface area contributed by atoms with Crippen molar-refractivity contribution < 1.29 is 9.90 Å². The number of aliphatic hydroxyl groups is 1. The Hall–Kier alpha value is -2.21. The van der Waals surface area contributed by atoms with Gasteiger partial charge in [0.15, 0.2) is 5.69 Å². The molecule has 116 valence electrons. The van der Waals surface area contributed by atoms with Gasteiger partial charge in [0.1, 0.15) is 0 Å². The second-order valence-corrected chi connectivity index (χ2v) is 5.68. The molecule has 6 heteroatoms. The van der Waals surface area contributed by atoms with E-state index in [0.29, 0.717) is 24.6 Å². The molecule has 1 aliphatic rings. The fourth-order valence-corrected chi connectivity index (χ4v) is 2.42. The van der Waals surface area contributed by atoms with Gasteiger partial charge in [-0.3, -0.25) is 4.79 Å². The van der Waals surface area contributed by atoms with Crippen molar-refractivity contribution in [3.05, 3.63) is 41.2 Å². The van der Waals surface area contributed by atoms with E-state index in [1.54, 1.807) is 4.68 Å². The summed E-state index contributed by atoms with van der Waals surface area (Å²) in [5.74, 6) is 0.142. The van der Waals surface area contributed by atoms with Gasteiger partial charge in [-0.25, -0.2) is 4.68 Å². The Morgan fingerprint density at radius 3 is 2.73 bits per heavy atom. The van der Waals surface area contributed by atoms with Crippen LogP contribution in [0.4, 0.5) is 0 Å². The number of hydrogen-bond acceptors (Lipinski definition) is 4. The highest BCUT2D eigenvalue weighted by Crippen LogP contribution is 2.41. The Kier molecular flexibility index (Phi) is 4.20. The number of carbonyl (C=O) groups excluding carboxylic acids is 1. The molecule has 2 aromatic rings. The predicted molar refractivity (Wildman–Crippen MR) is 82.1 cm³/mol. The molecule has 0 unspecified atom stereocenters. The van der Waals surface area contributed by atoms with Gasteiger partial charge in [-0.05, 0) is 38.3 Å². The first-order valence-corrected chi connectivity index (χ1v) is 7.62. The van der Waals surface area contributed by atoms with Crippen LogP contribution in [0, 0.1) is 6.92 Å². The smallest absolute Gasteiger partial charge is 0.273 e. The average Bonchev–Trinajstić information content (AvgIpc) is 3.27. The first-order valence-electron chi connectivity index (χ1n) is 7.62. The van der Waals surface area contributed by atoms with E-state index in [2.05, 4.69) is 15.6 Å². The number of hydrogen-bond donors (Lipinski definition) is 2. The second kappa shape index (κ2) is 6.27. The molecular weight excluding hydrogens is 280 g/mol. The van der Waals surface area contributed by atoms with Crippen LogP contribution in [0.25, 0.3) is 5.69 Å². The maximum atomic E-state index is 12.3. The number of carbonyl (C=O) groups is 1. The van der Waals surface area contributed by atoms with Crippen LogP contribution in [0.5, 0.6) is 0 Å². The minimum absolute atomic E-state index is 0.0613. The average molecular weight is 300 g/mol. The number of amides is 1. The Bertz CT molecular complexity index is 659. The maximum Gasteiger partial charge on any atom is 0.273 e. The first-order chi connectivity index (χ1) is 10.7. The van der Waals surface area contributed by atoms with E-state index >= 15 is 0 Å². The summed E-state index contributed by atoms with van der Waals surface area (Å²) in [5.41, 5.74) is 3.40. The number of nitrogens with one attached hydrogen (secondary N) is 1.